The zero-order chi connectivity index (χ0) is 18.2. The number of nitrogens with one attached hydrogen (secondary N) is 1. The second kappa shape index (κ2) is 10.0. The van der Waals surface area contributed by atoms with Gasteiger partial charge in [0.05, 0.1) is 9.90 Å². The second-order valence-corrected chi connectivity index (χ2v) is 7.69. The lowest BCUT2D eigenvalue weighted by molar-refractivity contribution is 0.0951. The SMILES string of the molecule is CCN(CC)CCOc1ccccc1CNC(=O)c1cc(Cl)sc1Cl. The average Bonchev–Trinajstić information content (AvgIpc) is 2.96. The Morgan fingerprint density at radius 1 is 1.24 bits per heavy atom. The van der Waals surface area contributed by atoms with E-state index in [2.05, 4.69) is 24.1 Å². The molecule has 0 fully saturated rings. The molecule has 0 atom stereocenters. The molecule has 25 heavy (non-hydrogen) atoms. The van der Waals surface area contributed by atoms with Gasteiger partial charge in [-0.2, -0.15) is 0 Å². The standard InChI is InChI=1S/C18H22Cl2N2O2S/c1-3-22(4-2)9-10-24-15-8-6-5-7-13(15)12-21-18(23)14-11-16(19)25-17(14)20/h5-8,11H,3-4,9-10,12H2,1-2H3,(H,21,23). The van der Waals surface area contributed by atoms with E-state index in [0.29, 0.717) is 27.4 Å². The number of ether oxygens (including phenoxy) is 1. The molecule has 0 bridgehead atoms. The maximum absolute atomic E-state index is 12.2. The van der Waals surface area contributed by atoms with Crippen LogP contribution in [0.25, 0.3) is 0 Å². The van der Waals surface area contributed by atoms with Crippen LogP contribution in [0.3, 0.4) is 0 Å². The molecule has 1 aromatic carbocycles. The summed E-state index contributed by atoms with van der Waals surface area (Å²) in [5.41, 5.74) is 1.32. The Kier molecular flexibility index (Phi) is 8.03. The Bertz CT molecular complexity index is 702. The molecule has 0 unspecified atom stereocenters. The number of benzene rings is 1. The number of likely N-dealkylation sites (N-methyl/N-ethyl adjacent to an activating group) is 1. The van der Waals surface area contributed by atoms with Crippen molar-refractivity contribution in [1.29, 1.82) is 0 Å². The van der Waals surface area contributed by atoms with Crippen LogP contribution in [0.5, 0.6) is 5.75 Å². The summed E-state index contributed by atoms with van der Waals surface area (Å²) < 4.78 is 6.79. The van der Waals surface area contributed by atoms with Crippen molar-refractivity contribution < 1.29 is 9.53 Å². The van der Waals surface area contributed by atoms with Gasteiger partial charge in [0.15, 0.2) is 0 Å². The molecule has 1 N–H and O–H groups in total. The molecule has 0 aliphatic heterocycles. The topological polar surface area (TPSA) is 41.6 Å². The number of carbonyl (C=O) groups is 1. The molecule has 4 nitrogen and oxygen atoms in total. The molecule has 2 aromatic rings. The molecule has 1 heterocycles. The molecule has 0 saturated carbocycles. The maximum Gasteiger partial charge on any atom is 0.253 e. The molecule has 0 radical (unpaired) electrons. The lowest BCUT2D eigenvalue weighted by Crippen LogP contribution is -2.28. The number of nitrogens with zero attached hydrogens (tertiary/aromatic N) is 1. The van der Waals surface area contributed by atoms with Crippen LogP contribution in [0.2, 0.25) is 8.67 Å². The molecule has 1 amide bonds. The quantitative estimate of drug-likeness (QED) is 0.662. The highest BCUT2D eigenvalue weighted by Gasteiger charge is 2.14. The number of halogens is 2. The van der Waals surface area contributed by atoms with Gasteiger partial charge in [-0.3, -0.25) is 4.79 Å². The fraction of sp³-hybridized carbons (Fsp3) is 0.389. The Labute approximate surface area is 162 Å². The Morgan fingerprint density at radius 3 is 2.60 bits per heavy atom. The van der Waals surface area contributed by atoms with Gasteiger partial charge in [-0.25, -0.2) is 0 Å². The minimum atomic E-state index is -0.244. The summed E-state index contributed by atoms with van der Waals surface area (Å²) in [6.07, 6.45) is 0. The minimum Gasteiger partial charge on any atom is -0.492 e. The van der Waals surface area contributed by atoms with Gasteiger partial charge in [0.1, 0.15) is 16.7 Å². The summed E-state index contributed by atoms with van der Waals surface area (Å²) in [5.74, 6) is 0.537. The highest BCUT2D eigenvalue weighted by Crippen LogP contribution is 2.31. The summed E-state index contributed by atoms with van der Waals surface area (Å²) in [5, 5.41) is 2.87. The van der Waals surface area contributed by atoms with E-state index in [1.807, 2.05) is 24.3 Å². The minimum absolute atomic E-state index is 0.244. The average molecular weight is 401 g/mol. The van der Waals surface area contributed by atoms with Crippen LogP contribution < -0.4 is 10.1 Å². The van der Waals surface area contributed by atoms with Gasteiger partial charge in [0.2, 0.25) is 0 Å². The van der Waals surface area contributed by atoms with Crippen molar-refractivity contribution in [3.05, 3.63) is 50.1 Å². The van der Waals surface area contributed by atoms with Crippen LogP contribution in [0.15, 0.2) is 30.3 Å². The summed E-state index contributed by atoms with van der Waals surface area (Å²) in [4.78, 5) is 14.5. The number of hydrogen-bond donors (Lipinski definition) is 1. The van der Waals surface area contributed by atoms with Crippen LogP contribution >= 0.6 is 34.5 Å². The predicted octanol–water partition coefficient (Wildman–Crippen LogP) is 4.71. The maximum atomic E-state index is 12.2. The zero-order valence-corrected chi connectivity index (χ0v) is 16.7. The second-order valence-electron chi connectivity index (χ2n) is 5.40. The predicted molar refractivity (Wildman–Crippen MR) is 105 cm³/mol. The lowest BCUT2D eigenvalue weighted by atomic mass is 10.2. The molecule has 0 spiro atoms. The molecule has 1 aromatic heterocycles. The number of thiophene rings is 1. The number of para-hydroxylation sites is 1. The van der Waals surface area contributed by atoms with E-state index in [0.717, 1.165) is 30.9 Å². The molecular weight excluding hydrogens is 379 g/mol. The highest BCUT2D eigenvalue weighted by molar-refractivity contribution is 7.20. The van der Waals surface area contributed by atoms with Crippen LogP contribution in [0.4, 0.5) is 0 Å². The van der Waals surface area contributed by atoms with E-state index in [4.69, 9.17) is 27.9 Å². The van der Waals surface area contributed by atoms with Gasteiger partial charge < -0.3 is 15.0 Å². The zero-order valence-electron chi connectivity index (χ0n) is 14.4. The number of hydrogen-bond acceptors (Lipinski definition) is 4. The van der Waals surface area contributed by atoms with Gasteiger partial charge in [0.25, 0.3) is 5.91 Å². The first kappa shape index (κ1) is 20.0. The highest BCUT2D eigenvalue weighted by atomic mass is 35.5. The van der Waals surface area contributed by atoms with Crippen LogP contribution in [0.1, 0.15) is 29.8 Å². The summed E-state index contributed by atoms with van der Waals surface area (Å²) >= 11 is 13.1. The van der Waals surface area contributed by atoms with E-state index in [1.165, 1.54) is 11.3 Å². The molecule has 0 aliphatic carbocycles. The molecule has 2 rings (SSSR count). The van der Waals surface area contributed by atoms with Crippen molar-refractivity contribution in [2.45, 2.75) is 20.4 Å². The van der Waals surface area contributed by atoms with E-state index in [9.17, 15) is 4.79 Å². The number of carbonyl (C=O) groups excluding carboxylic acids is 1. The summed E-state index contributed by atoms with van der Waals surface area (Å²) in [6.45, 7) is 8.12. The lowest BCUT2D eigenvalue weighted by Gasteiger charge is -2.19. The van der Waals surface area contributed by atoms with Gasteiger partial charge in [-0.1, -0.05) is 55.2 Å². The monoisotopic (exact) mass is 400 g/mol. The van der Waals surface area contributed by atoms with E-state index < -0.39 is 0 Å². The van der Waals surface area contributed by atoms with Crippen molar-refractivity contribution in [3.8, 4) is 5.75 Å². The molecule has 7 heteroatoms. The Morgan fingerprint density at radius 2 is 1.96 bits per heavy atom. The van der Waals surface area contributed by atoms with Crippen molar-refractivity contribution in [2.24, 2.45) is 0 Å². The fourth-order valence-electron chi connectivity index (χ4n) is 2.38. The van der Waals surface area contributed by atoms with E-state index in [1.54, 1.807) is 6.07 Å². The first-order valence-electron chi connectivity index (χ1n) is 8.21. The van der Waals surface area contributed by atoms with Crippen molar-refractivity contribution >= 4 is 40.4 Å². The Hall–Kier alpha value is -1.27. The summed E-state index contributed by atoms with van der Waals surface area (Å²) in [6, 6.07) is 9.28. The third kappa shape index (κ3) is 5.89. The largest absolute Gasteiger partial charge is 0.492 e. The molecular formula is C18H22Cl2N2O2S. The van der Waals surface area contributed by atoms with Crippen molar-refractivity contribution in [1.82, 2.24) is 10.2 Å². The van der Waals surface area contributed by atoms with E-state index >= 15 is 0 Å². The van der Waals surface area contributed by atoms with Gasteiger partial charge in [-0.05, 0) is 25.2 Å². The van der Waals surface area contributed by atoms with Gasteiger partial charge >= 0.3 is 0 Å². The third-order valence-electron chi connectivity index (χ3n) is 3.87. The van der Waals surface area contributed by atoms with Crippen LogP contribution in [-0.4, -0.2) is 37.0 Å². The van der Waals surface area contributed by atoms with Gasteiger partial charge in [0, 0.05) is 18.7 Å². The smallest absolute Gasteiger partial charge is 0.253 e. The Balaban J connectivity index is 1.93. The first-order chi connectivity index (χ1) is 12.0. The third-order valence-corrected chi connectivity index (χ3v) is 5.36. The fourth-order valence-corrected chi connectivity index (χ4v) is 3.84. The molecule has 0 aliphatic rings. The normalized spacial score (nSPS) is 10.9. The number of rotatable bonds is 9. The first-order valence-corrected chi connectivity index (χ1v) is 9.78. The van der Waals surface area contributed by atoms with E-state index in [-0.39, 0.29) is 5.91 Å². The van der Waals surface area contributed by atoms with Gasteiger partial charge in [-0.15, -0.1) is 11.3 Å². The summed E-state index contributed by atoms with van der Waals surface area (Å²) in [7, 11) is 0. The van der Waals surface area contributed by atoms with Crippen molar-refractivity contribution in [3.63, 3.8) is 0 Å². The van der Waals surface area contributed by atoms with Crippen LogP contribution in [-0.2, 0) is 6.54 Å². The van der Waals surface area contributed by atoms with Crippen molar-refractivity contribution in [2.75, 3.05) is 26.2 Å². The number of amides is 1. The van der Waals surface area contributed by atoms with Crippen LogP contribution in [0, 0.1) is 0 Å². The molecule has 0 saturated heterocycles. The molecule has 136 valence electrons.